The molecule has 6 atom stereocenters. The molecule has 1 rings (SSSR count). The van der Waals surface area contributed by atoms with Gasteiger partial charge in [-0.05, 0) is 6.42 Å². The second kappa shape index (κ2) is 9.69. The average molecular weight is 308 g/mol. The molecule has 0 radical (unpaired) electrons. The second-order valence-electron chi connectivity index (χ2n) is 5.89. The Balaban J connectivity index is 2.32. The molecule has 6 heteroatoms. The van der Waals surface area contributed by atoms with Crippen LogP contribution in [0.4, 0.5) is 4.39 Å². The minimum absolute atomic E-state index is 0.457. The lowest BCUT2D eigenvalue weighted by molar-refractivity contribution is -0.101. The molecule has 3 unspecified atom stereocenters. The highest BCUT2D eigenvalue weighted by Crippen LogP contribution is 2.28. The van der Waals surface area contributed by atoms with Crippen LogP contribution in [-0.4, -0.2) is 63.7 Å². The van der Waals surface area contributed by atoms with Gasteiger partial charge in [0.25, 0.3) is 0 Å². The molecule has 1 fully saturated rings. The van der Waals surface area contributed by atoms with Gasteiger partial charge in [0.2, 0.25) is 0 Å². The standard InChI is InChI=1S/C15H29FO5/c1-2-3-4-5-6-7-8-10(17)14-12(19)13(20)15(21-14)11(18)9-16/h10-15,17-20H,2-9H2,1H3/t10?,11-,12?,13?,14+,15-/m1/s1. The molecule has 0 spiro atoms. The smallest absolute Gasteiger partial charge is 0.118 e. The topological polar surface area (TPSA) is 90.2 Å². The summed E-state index contributed by atoms with van der Waals surface area (Å²) in [6.07, 6.45) is -0.287. The van der Waals surface area contributed by atoms with E-state index in [1.54, 1.807) is 0 Å². The van der Waals surface area contributed by atoms with Crippen molar-refractivity contribution in [1.29, 1.82) is 0 Å². The molecule has 5 nitrogen and oxygen atoms in total. The molecular weight excluding hydrogens is 279 g/mol. The third kappa shape index (κ3) is 5.45. The maximum absolute atomic E-state index is 12.4. The van der Waals surface area contributed by atoms with E-state index in [2.05, 4.69) is 6.92 Å². The van der Waals surface area contributed by atoms with Crippen molar-refractivity contribution in [3.05, 3.63) is 0 Å². The molecule has 0 bridgehead atoms. The number of hydrogen-bond acceptors (Lipinski definition) is 5. The number of rotatable bonds is 10. The van der Waals surface area contributed by atoms with Crippen LogP contribution in [0.15, 0.2) is 0 Å². The van der Waals surface area contributed by atoms with Gasteiger partial charge < -0.3 is 25.2 Å². The lowest BCUT2D eigenvalue weighted by Gasteiger charge is -2.21. The Morgan fingerprint density at radius 1 is 0.905 bits per heavy atom. The molecule has 0 aliphatic carbocycles. The van der Waals surface area contributed by atoms with Gasteiger partial charge in [-0.25, -0.2) is 4.39 Å². The van der Waals surface area contributed by atoms with E-state index in [0.29, 0.717) is 6.42 Å². The molecule has 21 heavy (non-hydrogen) atoms. The molecular formula is C15H29FO5. The highest BCUT2D eigenvalue weighted by Gasteiger charge is 2.48. The first kappa shape index (κ1) is 18.8. The summed E-state index contributed by atoms with van der Waals surface area (Å²) in [4.78, 5) is 0. The number of halogens is 1. The van der Waals surface area contributed by atoms with E-state index in [1.165, 1.54) is 19.3 Å². The largest absolute Gasteiger partial charge is 0.390 e. The van der Waals surface area contributed by atoms with Crippen molar-refractivity contribution in [2.75, 3.05) is 6.67 Å². The normalized spacial score (nSPS) is 32.3. The van der Waals surface area contributed by atoms with Crippen LogP contribution in [-0.2, 0) is 4.74 Å². The fourth-order valence-electron chi connectivity index (χ4n) is 2.75. The molecule has 4 N–H and O–H groups in total. The van der Waals surface area contributed by atoms with E-state index in [0.717, 1.165) is 19.3 Å². The van der Waals surface area contributed by atoms with Gasteiger partial charge in [0.15, 0.2) is 0 Å². The van der Waals surface area contributed by atoms with Gasteiger partial charge in [0, 0.05) is 0 Å². The summed E-state index contributed by atoms with van der Waals surface area (Å²) in [5.74, 6) is 0. The zero-order chi connectivity index (χ0) is 15.8. The Morgan fingerprint density at radius 2 is 1.43 bits per heavy atom. The maximum atomic E-state index is 12.4. The highest BCUT2D eigenvalue weighted by molar-refractivity contribution is 4.96. The molecule has 0 aromatic rings. The van der Waals surface area contributed by atoms with Gasteiger partial charge in [-0.2, -0.15) is 0 Å². The van der Waals surface area contributed by atoms with E-state index in [1.807, 2.05) is 0 Å². The Hall–Kier alpha value is -0.270. The Morgan fingerprint density at radius 3 is 2.00 bits per heavy atom. The molecule has 0 saturated carbocycles. The Kier molecular flexibility index (Phi) is 8.66. The first-order valence-electron chi connectivity index (χ1n) is 7.96. The van der Waals surface area contributed by atoms with Crippen molar-refractivity contribution in [3.63, 3.8) is 0 Å². The molecule has 1 aliphatic rings. The quantitative estimate of drug-likeness (QED) is 0.451. The second-order valence-corrected chi connectivity index (χ2v) is 5.89. The Labute approximate surface area is 125 Å². The molecule has 126 valence electrons. The van der Waals surface area contributed by atoms with Gasteiger partial charge >= 0.3 is 0 Å². The van der Waals surface area contributed by atoms with E-state index >= 15 is 0 Å². The van der Waals surface area contributed by atoms with Crippen LogP contribution in [0.25, 0.3) is 0 Å². The zero-order valence-electron chi connectivity index (χ0n) is 12.7. The van der Waals surface area contributed by atoms with Gasteiger partial charge in [-0.15, -0.1) is 0 Å². The fourth-order valence-corrected chi connectivity index (χ4v) is 2.75. The molecule has 0 aromatic heterocycles. The lowest BCUT2D eigenvalue weighted by atomic mass is 9.98. The summed E-state index contributed by atoms with van der Waals surface area (Å²) >= 11 is 0. The van der Waals surface area contributed by atoms with E-state index < -0.39 is 43.3 Å². The first-order chi connectivity index (χ1) is 10.0. The molecule has 0 aromatic carbocycles. The summed E-state index contributed by atoms with van der Waals surface area (Å²) in [6.45, 7) is 1.09. The van der Waals surface area contributed by atoms with E-state index in [-0.39, 0.29) is 0 Å². The van der Waals surface area contributed by atoms with Crippen molar-refractivity contribution in [2.24, 2.45) is 0 Å². The highest BCUT2D eigenvalue weighted by atomic mass is 19.1. The third-order valence-corrected chi connectivity index (χ3v) is 4.11. The van der Waals surface area contributed by atoms with Crippen LogP contribution >= 0.6 is 0 Å². The predicted octanol–water partition coefficient (Wildman–Crippen LogP) is 0.917. The molecule has 1 heterocycles. The minimum atomic E-state index is -1.49. The number of aliphatic hydroxyl groups is 4. The molecule has 1 aliphatic heterocycles. The summed E-state index contributed by atoms with van der Waals surface area (Å²) in [5.41, 5.74) is 0. The average Bonchev–Trinajstić information content (AvgIpc) is 2.78. The van der Waals surface area contributed by atoms with E-state index in [4.69, 9.17) is 4.74 Å². The van der Waals surface area contributed by atoms with Gasteiger partial charge in [0.05, 0.1) is 6.10 Å². The summed E-state index contributed by atoms with van der Waals surface area (Å²) in [7, 11) is 0. The third-order valence-electron chi connectivity index (χ3n) is 4.11. The van der Waals surface area contributed by atoms with Crippen LogP contribution in [0.3, 0.4) is 0 Å². The van der Waals surface area contributed by atoms with Crippen LogP contribution in [0.2, 0.25) is 0 Å². The summed E-state index contributed by atoms with van der Waals surface area (Å²) < 4.78 is 17.7. The Bertz CT molecular complexity index is 279. The lowest BCUT2D eigenvalue weighted by Crippen LogP contribution is -2.40. The number of hydrogen-bond donors (Lipinski definition) is 4. The maximum Gasteiger partial charge on any atom is 0.118 e. The van der Waals surface area contributed by atoms with Crippen molar-refractivity contribution in [1.82, 2.24) is 0 Å². The number of alkyl halides is 1. The molecule has 1 saturated heterocycles. The van der Waals surface area contributed by atoms with Crippen LogP contribution in [0, 0.1) is 0 Å². The van der Waals surface area contributed by atoms with Gasteiger partial charge in [-0.3, -0.25) is 0 Å². The van der Waals surface area contributed by atoms with Crippen molar-refractivity contribution in [3.8, 4) is 0 Å². The monoisotopic (exact) mass is 308 g/mol. The van der Waals surface area contributed by atoms with Crippen molar-refractivity contribution >= 4 is 0 Å². The minimum Gasteiger partial charge on any atom is -0.390 e. The van der Waals surface area contributed by atoms with Crippen LogP contribution in [0.5, 0.6) is 0 Å². The van der Waals surface area contributed by atoms with E-state index in [9.17, 15) is 24.8 Å². The van der Waals surface area contributed by atoms with Crippen LogP contribution in [0.1, 0.15) is 51.9 Å². The SMILES string of the molecule is CCCCCCCCC(O)[C@@H]1O[C@H]([C@H](O)CF)C(O)C1O. The fraction of sp³-hybridized carbons (Fsp3) is 1.00. The molecule has 0 amide bonds. The summed E-state index contributed by atoms with van der Waals surface area (Å²) in [5, 5.41) is 39.0. The van der Waals surface area contributed by atoms with Crippen LogP contribution < -0.4 is 0 Å². The predicted molar refractivity (Wildman–Crippen MR) is 76.7 cm³/mol. The van der Waals surface area contributed by atoms with Crippen molar-refractivity contribution < 1.29 is 29.6 Å². The van der Waals surface area contributed by atoms with Gasteiger partial charge in [-0.1, -0.05) is 45.4 Å². The summed E-state index contributed by atoms with van der Waals surface area (Å²) in [6, 6.07) is 0. The number of ether oxygens (including phenoxy) is 1. The van der Waals surface area contributed by atoms with Crippen molar-refractivity contribution in [2.45, 2.75) is 88.5 Å². The first-order valence-corrected chi connectivity index (χ1v) is 7.96. The number of unbranched alkanes of at least 4 members (excludes halogenated alkanes) is 5. The van der Waals surface area contributed by atoms with Gasteiger partial charge in [0.1, 0.15) is 37.2 Å². The zero-order valence-corrected chi connectivity index (χ0v) is 12.7. The number of aliphatic hydroxyl groups excluding tert-OH is 4.